The van der Waals surface area contributed by atoms with E-state index in [4.69, 9.17) is 10.5 Å². The topological polar surface area (TPSA) is 72.6 Å². The van der Waals surface area contributed by atoms with E-state index < -0.39 is 5.91 Å². The molecule has 0 radical (unpaired) electrons. The second-order valence-corrected chi connectivity index (χ2v) is 5.77. The molecule has 5 heteroatoms. The molecule has 0 spiro atoms. The summed E-state index contributed by atoms with van der Waals surface area (Å²) in [6.07, 6.45) is 0.981. The Morgan fingerprint density at radius 1 is 1.04 bits per heavy atom. The number of nitrogens with two attached hydrogens (primary N) is 1. The molecule has 2 N–H and O–H groups in total. The summed E-state index contributed by atoms with van der Waals surface area (Å²) >= 11 is 0. The van der Waals surface area contributed by atoms with Gasteiger partial charge in [0.2, 0.25) is 5.91 Å². The van der Waals surface area contributed by atoms with Gasteiger partial charge in [0, 0.05) is 19.5 Å². The molecule has 2 aromatic rings. The SMILES string of the molecule is CCCOc1ccccc1C(=O)N(CCC(N)=O)Cc1ccccc1. The first-order valence-electron chi connectivity index (χ1n) is 8.45. The summed E-state index contributed by atoms with van der Waals surface area (Å²) in [6.45, 7) is 3.24. The predicted molar refractivity (Wildman–Crippen MR) is 97.2 cm³/mol. The van der Waals surface area contributed by atoms with Crippen LogP contribution in [0.3, 0.4) is 0 Å². The Morgan fingerprint density at radius 2 is 1.72 bits per heavy atom. The Bertz CT molecular complexity index is 701. The van der Waals surface area contributed by atoms with Gasteiger partial charge in [-0.15, -0.1) is 0 Å². The van der Waals surface area contributed by atoms with Gasteiger partial charge in [-0.1, -0.05) is 49.4 Å². The van der Waals surface area contributed by atoms with Crippen molar-refractivity contribution in [2.45, 2.75) is 26.3 Å². The number of ether oxygens (including phenoxy) is 1. The first kappa shape index (κ1) is 18.5. The summed E-state index contributed by atoms with van der Waals surface area (Å²) in [6, 6.07) is 16.8. The lowest BCUT2D eigenvalue weighted by molar-refractivity contribution is -0.118. The number of nitrogens with zero attached hydrogens (tertiary/aromatic N) is 1. The molecule has 0 bridgehead atoms. The van der Waals surface area contributed by atoms with Crippen LogP contribution in [0.1, 0.15) is 35.7 Å². The lowest BCUT2D eigenvalue weighted by Crippen LogP contribution is -2.34. The van der Waals surface area contributed by atoms with Crippen LogP contribution in [0, 0.1) is 0 Å². The Kier molecular flexibility index (Phi) is 7.01. The molecule has 132 valence electrons. The lowest BCUT2D eigenvalue weighted by atomic mass is 10.1. The number of rotatable bonds is 9. The lowest BCUT2D eigenvalue weighted by Gasteiger charge is -2.23. The Balaban J connectivity index is 2.23. The number of para-hydroxylation sites is 1. The van der Waals surface area contributed by atoms with Gasteiger partial charge in [0.05, 0.1) is 12.2 Å². The van der Waals surface area contributed by atoms with Crippen LogP contribution >= 0.6 is 0 Å². The van der Waals surface area contributed by atoms with Gasteiger partial charge in [0.1, 0.15) is 5.75 Å². The van der Waals surface area contributed by atoms with Gasteiger partial charge in [-0.05, 0) is 24.1 Å². The molecule has 0 aliphatic carbocycles. The van der Waals surface area contributed by atoms with E-state index in [1.807, 2.05) is 43.3 Å². The van der Waals surface area contributed by atoms with Crippen LogP contribution in [0.2, 0.25) is 0 Å². The molecule has 0 saturated heterocycles. The molecule has 0 aliphatic heterocycles. The third kappa shape index (κ3) is 5.64. The molecule has 0 aromatic heterocycles. The third-order valence-electron chi connectivity index (χ3n) is 3.71. The van der Waals surface area contributed by atoms with Crippen LogP contribution in [0.4, 0.5) is 0 Å². The van der Waals surface area contributed by atoms with Gasteiger partial charge in [-0.3, -0.25) is 9.59 Å². The van der Waals surface area contributed by atoms with Crippen molar-refractivity contribution >= 4 is 11.8 Å². The van der Waals surface area contributed by atoms with E-state index in [1.54, 1.807) is 23.1 Å². The molecule has 0 aliphatic rings. The van der Waals surface area contributed by atoms with Crippen molar-refractivity contribution in [1.82, 2.24) is 4.90 Å². The molecule has 0 fully saturated rings. The highest BCUT2D eigenvalue weighted by molar-refractivity contribution is 5.97. The Morgan fingerprint density at radius 3 is 2.40 bits per heavy atom. The van der Waals surface area contributed by atoms with E-state index in [1.165, 1.54) is 0 Å². The standard InChI is InChI=1S/C20H24N2O3/c1-2-14-25-18-11-7-6-10-17(18)20(24)22(13-12-19(21)23)15-16-8-4-3-5-9-16/h3-11H,2,12-15H2,1H3,(H2,21,23). The number of carbonyl (C=O) groups excluding carboxylic acids is 2. The number of benzene rings is 2. The minimum atomic E-state index is -0.429. The monoisotopic (exact) mass is 340 g/mol. The first-order valence-corrected chi connectivity index (χ1v) is 8.45. The van der Waals surface area contributed by atoms with Crippen molar-refractivity contribution in [2.24, 2.45) is 5.73 Å². The quantitative estimate of drug-likeness (QED) is 0.763. The second kappa shape index (κ2) is 9.47. The van der Waals surface area contributed by atoms with E-state index in [0.29, 0.717) is 24.5 Å². The fourth-order valence-corrected chi connectivity index (χ4v) is 2.45. The minimum absolute atomic E-state index is 0.122. The average molecular weight is 340 g/mol. The Labute approximate surface area is 148 Å². The maximum absolute atomic E-state index is 13.0. The zero-order chi connectivity index (χ0) is 18.1. The first-order chi connectivity index (χ1) is 12.1. The van der Waals surface area contributed by atoms with Crippen LogP contribution in [0.25, 0.3) is 0 Å². The summed E-state index contributed by atoms with van der Waals surface area (Å²) in [7, 11) is 0. The van der Waals surface area contributed by atoms with Crippen molar-refractivity contribution in [3.63, 3.8) is 0 Å². The summed E-state index contributed by atoms with van der Waals surface area (Å²) in [5, 5.41) is 0. The van der Waals surface area contributed by atoms with Gasteiger partial charge in [-0.25, -0.2) is 0 Å². The molecule has 5 nitrogen and oxygen atoms in total. The second-order valence-electron chi connectivity index (χ2n) is 5.77. The van der Waals surface area contributed by atoms with Crippen LogP contribution in [-0.2, 0) is 11.3 Å². The molecule has 0 atom stereocenters. The highest BCUT2D eigenvalue weighted by atomic mass is 16.5. The van der Waals surface area contributed by atoms with Crippen LogP contribution in [0.5, 0.6) is 5.75 Å². The van der Waals surface area contributed by atoms with E-state index in [2.05, 4.69) is 0 Å². The molecule has 2 amide bonds. The zero-order valence-corrected chi connectivity index (χ0v) is 14.5. The van der Waals surface area contributed by atoms with E-state index in [9.17, 15) is 9.59 Å². The van der Waals surface area contributed by atoms with Crippen molar-refractivity contribution in [3.05, 3.63) is 65.7 Å². The van der Waals surface area contributed by atoms with Gasteiger partial charge < -0.3 is 15.4 Å². The van der Waals surface area contributed by atoms with Crippen LogP contribution in [-0.4, -0.2) is 29.9 Å². The summed E-state index contributed by atoms with van der Waals surface area (Å²) in [5.41, 5.74) is 6.76. The average Bonchev–Trinajstić information content (AvgIpc) is 2.63. The van der Waals surface area contributed by atoms with Crippen molar-refractivity contribution in [3.8, 4) is 5.75 Å². The molecule has 0 unspecified atom stereocenters. The number of primary amides is 1. The summed E-state index contributed by atoms with van der Waals surface area (Å²) in [4.78, 5) is 25.9. The maximum Gasteiger partial charge on any atom is 0.257 e. The van der Waals surface area contributed by atoms with Crippen LogP contribution in [0.15, 0.2) is 54.6 Å². The highest BCUT2D eigenvalue weighted by Crippen LogP contribution is 2.21. The highest BCUT2D eigenvalue weighted by Gasteiger charge is 2.20. The third-order valence-corrected chi connectivity index (χ3v) is 3.71. The van der Waals surface area contributed by atoms with Gasteiger partial charge in [0.15, 0.2) is 0 Å². The zero-order valence-electron chi connectivity index (χ0n) is 14.5. The minimum Gasteiger partial charge on any atom is -0.493 e. The summed E-state index contributed by atoms with van der Waals surface area (Å²) < 4.78 is 5.69. The molecule has 2 rings (SSSR count). The smallest absolute Gasteiger partial charge is 0.257 e. The number of hydrogen-bond acceptors (Lipinski definition) is 3. The van der Waals surface area contributed by atoms with Gasteiger partial charge in [0.25, 0.3) is 5.91 Å². The number of amides is 2. The largest absolute Gasteiger partial charge is 0.493 e. The fraction of sp³-hybridized carbons (Fsp3) is 0.300. The maximum atomic E-state index is 13.0. The normalized spacial score (nSPS) is 10.3. The fourth-order valence-electron chi connectivity index (χ4n) is 2.45. The number of hydrogen-bond donors (Lipinski definition) is 1. The van der Waals surface area contributed by atoms with E-state index in [0.717, 1.165) is 12.0 Å². The van der Waals surface area contributed by atoms with Crippen molar-refractivity contribution < 1.29 is 14.3 Å². The van der Waals surface area contributed by atoms with Gasteiger partial charge in [-0.2, -0.15) is 0 Å². The van der Waals surface area contributed by atoms with Gasteiger partial charge >= 0.3 is 0 Å². The van der Waals surface area contributed by atoms with Crippen molar-refractivity contribution in [2.75, 3.05) is 13.2 Å². The molecule has 0 heterocycles. The molecule has 25 heavy (non-hydrogen) atoms. The van der Waals surface area contributed by atoms with E-state index in [-0.39, 0.29) is 18.9 Å². The molecular formula is C20H24N2O3. The molecule has 0 saturated carbocycles. The molecule has 2 aromatic carbocycles. The summed E-state index contributed by atoms with van der Waals surface area (Å²) in [5.74, 6) is -0.0373. The number of carbonyl (C=O) groups is 2. The van der Waals surface area contributed by atoms with Crippen molar-refractivity contribution in [1.29, 1.82) is 0 Å². The van der Waals surface area contributed by atoms with Crippen LogP contribution < -0.4 is 10.5 Å². The van der Waals surface area contributed by atoms with E-state index >= 15 is 0 Å². The predicted octanol–water partition coefficient (Wildman–Crippen LogP) is 2.99. The molecular weight excluding hydrogens is 316 g/mol. The Hall–Kier alpha value is -2.82.